The van der Waals surface area contributed by atoms with E-state index in [1.165, 1.54) is 6.08 Å². The molecule has 1 rings (SSSR count). The molecular formula is C13H16N2O3. The van der Waals surface area contributed by atoms with Gasteiger partial charge in [-0.15, -0.1) is 0 Å². The zero-order chi connectivity index (χ0) is 13.5. The molecule has 0 aromatic heterocycles. The lowest BCUT2D eigenvalue weighted by molar-refractivity contribution is -0.141. The minimum atomic E-state index is -1.04. The number of hydrogen-bond acceptors (Lipinski definition) is 3. The lowest BCUT2D eigenvalue weighted by Crippen LogP contribution is -2.39. The van der Waals surface area contributed by atoms with Crippen LogP contribution in [-0.2, 0) is 9.59 Å². The molecule has 1 atom stereocenters. The molecule has 0 radical (unpaired) electrons. The second-order valence-corrected chi connectivity index (χ2v) is 3.81. The number of carboxylic acids is 1. The van der Waals surface area contributed by atoms with Crippen LogP contribution in [-0.4, -0.2) is 23.0 Å². The van der Waals surface area contributed by atoms with Crippen LogP contribution >= 0.6 is 0 Å². The summed E-state index contributed by atoms with van der Waals surface area (Å²) in [6, 6.07) is 6.14. The highest BCUT2D eigenvalue weighted by atomic mass is 16.4. The number of anilines is 1. The number of carbonyl (C=O) groups is 2. The van der Waals surface area contributed by atoms with Crippen molar-refractivity contribution in [1.29, 1.82) is 0 Å². The number of nitrogens with two attached hydrogens (primary N) is 1. The molecule has 0 bridgehead atoms. The number of carboxylic acid groups (broad SMARTS) is 1. The van der Waals surface area contributed by atoms with Crippen LogP contribution in [0.2, 0.25) is 0 Å². The first-order chi connectivity index (χ1) is 8.52. The van der Waals surface area contributed by atoms with Crippen molar-refractivity contribution >= 4 is 23.6 Å². The molecule has 1 amide bonds. The molecule has 0 aliphatic carbocycles. The highest BCUT2D eigenvalue weighted by Crippen LogP contribution is 2.06. The Morgan fingerprint density at radius 3 is 2.50 bits per heavy atom. The van der Waals surface area contributed by atoms with Crippen LogP contribution in [0.1, 0.15) is 18.9 Å². The van der Waals surface area contributed by atoms with E-state index >= 15 is 0 Å². The number of nitrogen functional groups attached to an aromatic ring is 1. The van der Waals surface area contributed by atoms with Gasteiger partial charge in [0.15, 0.2) is 0 Å². The number of nitrogens with one attached hydrogen (secondary N) is 1. The summed E-state index contributed by atoms with van der Waals surface area (Å²) >= 11 is 0. The van der Waals surface area contributed by atoms with E-state index in [9.17, 15) is 9.59 Å². The van der Waals surface area contributed by atoms with E-state index in [-0.39, 0.29) is 0 Å². The number of amides is 1. The molecule has 18 heavy (non-hydrogen) atoms. The average Bonchev–Trinajstić information content (AvgIpc) is 2.35. The monoisotopic (exact) mass is 248 g/mol. The summed E-state index contributed by atoms with van der Waals surface area (Å²) in [6.07, 6.45) is 3.25. The molecule has 0 spiro atoms. The van der Waals surface area contributed by atoms with Crippen LogP contribution in [0.4, 0.5) is 5.69 Å². The molecule has 5 nitrogen and oxygen atoms in total. The maximum atomic E-state index is 11.5. The van der Waals surface area contributed by atoms with Gasteiger partial charge >= 0.3 is 5.97 Å². The lowest BCUT2D eigenvalue weighted by Gasteiger charge is -2.09. The molecule has 0 saturated carbocycles. The summed E-state index contributed by atoms with van der Waals surface area (Å²) in [7, 11) is 0. The first-order valence-electron chi connectivity index (χ1n) is 5.60. The summed E-state index contributed by atoms with van der Waals surface area (Å²) in [6.45, 7) is 1.70. The van der Waals surface area contributed by atoms with Gasteiger partial charge in [-0.05, 0) is 30.2 Å². The minimum Gasteiger partial charge on any atom is -0.480 e. The maximum absolute atomic E-state index is 11.5. The van der Waals surface area contributed by atoms with Gasteiger partial charge < -0.3 is 16.2 Å². The van der Waals surface area contributed by atoms with Crippen molar-refractivity contribution in [1.82, 2.24) is 5.32 Å². The van der Waals surface area contributed by atoms with E-state index in [4.69, 9.17) is 10.8 Å². The fourth-order valence-electron chi connectivity index (χ4n) is 1.34. The van der Waals surface area contributed by atoms with Crippen molar-refractivity contribution in [3.8, 4) is 0 Å². The first-order valence-corrected chi connectivity index (χ1v) is 5.60. The summed E-state index contributed by atoms with van der Waals surface area (Å²) in [5.41, 5.74) is 7.00. The van der Waals surface area contributed by atoms with Crippen LogP contribution in [0.15, 0.2) is 30.3 Å². The van der Waals surface area contributed by atoms with Gasteiger partial charge in [0.05, 0.1) is 0 Å². The Kier molecular flexibility index (Phi) is 4.92. The molecule has 0 aliphatic rings. The van der Waals surface area contributed by atoms with E-state index < -0.39 is 17.9 Å². The smallest absolute Gasteiger partial charge is 0.326 e. The number of carbonyl (C=O) groups excluding carboxylic acids is 1. The lowest BCUT2D eigenvalue weighted by atomic mass is 10.2. The molecule has 0 saturated heterocycles. The van der Waals surface area contributed by atoms with Crippen LogP contribution in [0.3, 0.4) is 0 Å². The second-order valence-electron chi connectivity index (χ2n) is 3.81. The van der Waals surface area contributed by atoms with Crippen molar-refractivity contribution < 1.29 is 14.7 Å². The number of hydrogen-bond donors (Lipinski definition) is 3. The fraction of sp³-hybridized carbons (Fsp3) is 0.231. The van der Waals surface area contributed by atoms with Gasteiger partial charge in [-0.3, -0.25) is 4.79 Å². The van der Waals surface area contributed by atoms with Crippen LogP contribution < -0.4 is 11.1 Å². The molecule has 96 valence electrons. The highest BCUT2D eigenvalue weighted by molar-refractivity contribution is 5.94. The van der Waals surface area contributed by atoms with Gasteiger partial charge in [-0.25, -0.2) is 4.79 Å². The van der Waals surface area contributed by atoms with Crippen molar-refractivity contribution in [2.24, 2.45) is 0 Å². The summed E-state index contributed by atoms with van der Waals surface area (Å²) in [4.78, 5) is 22.2. The number of aliphatic carboxylic acids is 1. The van der Waals surface area contributed by atoms with Crippen molar-refractivity contribution in [2.45, 2.75) is 19.4 Å². The van der Waals surface area contributed by atoms with Crippen molar-refractivity contribution in [3.63, 3.8) is 0 Å². The predicted molar refractivity (Wildman–Crippen MR) is 69.7 cm³/mol. The molecule has 0 heterocycles. The van der Waals surface area contributed by atoms with Crippen LogP contribution in [0, 0.1) is 0 Å². The molecule has 0 aliphatic heterocycles. The Morgan fingerprint density at radius 2 is 2.00 bits per heavy atom. The Morgan fingerprint density at radius 1 is 1.39 bits per heavy atom. The summed E-state index contributed by atoms with van der Waals surface area (Å²) < 4.78 is 0. The van der Waals surface area contributed by atoms with Crippen LogP contribution in [0.25, 0.3) is 6.08 Å². The van der Waals surface area contributed by atoms with Gasteiger partial charge in [0.1, 0.15) is 6.04 Å². The quantitative estimate of drug-likeness (QED) is 0.540. The number of rotatable bonds is 5. The van der Waals surface area contributed by atoms with Crippen LogP contribution in [0.5, 0.6) is 0 Å². The molecule has 1 unspecified atom stereocenters. The zero-order valence-corrected chi connectivity index (χ0v) is 10.1. The fourth-order valence-corrected chi connectivity index (χ4v) is 1.34. The average molecular weight is 248 g/mol. The van der Waals surface area contributed by atoms with E-state index in [1.54, 1.807) is 37.3 Å². The van der Waals surface area contributed by atoms with Gasteiger partial charge in [0, 0.05) is 11.8 Å². The predicted octanol–water partition coefficient (Wildman–Crippen LogP) is 1.26. The third kappa shape index (κ3) is 4.29. The molecule has 5 heteroatoms. The normalized spacial score (nSPS) is 12.3. The topological polar surface area (TPSA) is 92.4 Å². The molecule has 4 N–H and O–H groups in total. The summed E-state index contributed by atoms with van der Waals surface area (Å²) in [5.74, 6) is -1.46. The standard InChI is InChI=1S/C13H16N2O3/c1-2-11(13(17)18)15-12(16)8-5-9-3-6-10(14)7-4-9/h3-8,11H,2,14H2,1H3,(H,15,16)(H,17,18)/b8-5+. The maximum Gasteiger partial charge on any atom is 0.326 e. The minimum absolute atomic E-state index is 0.344. The van der Waals surface area contributed by atoms with Crippen molar-refractivity contribution in [2.75, 3.05) is 5.73 Å². The van der Waals surface area contributed by atoms with E-state index in [2.05, 4.69) is 5.32 Å². The Labute approximate surface area is 105 Å². The Hall–Kier alpha value is -2.30. The molecule has 1 aromatic carbocycles. The van der Waals surface area contributed by atoms with Crippen molar-refractivity contribution in [3.05, 3.63) is 35.9 Å². The van der Waals surface area contributed by atoms with Gasteiger partial charge in [0.25, 0.3) is 0 Å². The van der Waals surface area contributed by atoms with E-state index in [0.29, 0.717) is 12.1 Å². The van der Waals surface area contributed by atoms with E-state index in [1.807, 2.05) is 0 Å². The summed E-state index contributed by atoms with van der Waals surface area (Å²) in [5, 5.41) is 11.2. The highest BCUT2D eigenvalue weighted by Gasteiger charge is 2.15. The third-order valence-electron chi connectivity index (χ3n) is 2.39. The Balaban J connectivity index is 2.59. The van der Waals surface area contributed by atoms with Gasteiger partial charge in [0.2, 0.25) is 5.91 Å². The second kappa shape index (κ2) is 6.44. The third-order valence-corrected chi connectivity index (χ3v) is 2.39. The number of benzene rings is 1. The van der Waals surface area contributed by atoms with Gasteiger partial charge in [-0.2, -0.15) is 0 Å². The molecular weight excluding hydrogens is 232 g/mol. The Bertz CT molecular complexity index is 452. The van der Waals surface area contributed by atoms with E-state index in [0.717, 1.165) is 5.56 Å². The first kappa shape index (κ1) is 13.8. The molecule has 1 aromatic rings. The largest absolute Gasteiger partial charge is 0.480 e. The molecule has 0 fully saturated rings. The SMILES string of the molecule is CCC(NC(=O)/C=C/c1ccc(N)cc1)C(=O)O. The van der Waals surface area contributed by atoms with Gasteiger partial charge in [-0.1, -0.05) is 19.1 Å². The zero-order valence-electron chi connectivity index (χ0n) is 10.1.